The van der Waals surface area contributed by atoms with Gasteiger partial charge in [-0.1, -0.05) is 11.6 Å². The van der Waals surface area contributed by atoms with Gasteiger partial charge >= 0.3 is 0 Å². The van der Waals surface area contributed by atoms with Crippen molar-refractivity contribution in [1.82, 2.24) is 0 Å². The van der Waals surface area contributed by atoms with E-state index in [2.05, 4.69) is 0 Å². The van der Waals surface area contributed by atoms with Crippen LogP contribution in [0.4, 0.5) is 0 Å². The summed E-state index contributed by atoms with van der Waals surface area (Å²) in [4.78, 5) is 0. The maximum absolute atomic E-state index is 8.56. The van der Waals surface area contributed by atoms with Crippen LogP contribution in [0.1, 0.15) is 6.42 Å². The van der Waals surface area contributed by atoms with Crippen molar-refractivity contribution >= 4 is 23.4 Å². The van der Waals surface area contributed by atoms with E-state index < -0.39 is 0 Å². The Hall–Kier alpha value is -0.380. The predicted octanol–water partition coefficient (Wildman–Crippen LogP) is 2.83. The monoisotopic (exact) mass is 246 g/mol. The van der Waals surface area contributed by atoms with Crippen molar-refractivity contribution in [1.29, 1.82) is 0 Å². The van der Waals surface area contributed by atoms with Gasteiger partial charge in [0.25, 0.3) is 0 Å². The highest BCUT2D eigenvalue weighted by Gasteiger charge is 1.94. The number of hydrogen-bond donors (Lipinski definition) is 1. The highest BCUT2D eigenvalue weighted by molar-refractivity contribution is 7.99. The van der Waals surface area contributed by atoms with Crippen molar-refractivity contribution in [2.24, 2.45) is 0 Å². The third-order valence-corrected chi connectivity index (χ3v) is 3.05. The van der Waals surface area contributed by atoms with Gasteiger partial charge in [0.1, 0.15) is 5.75 Å². The fourth-order valence-corrected chi connectivity index (χ4v) is 1.83. The van der Waals surface area contributed by atoms with Crippen LogP contribution in [0.5, 0.6) is 5.75 Å². The second kappa shape index (κ2) is 7.85. The van der Waals surface area contributed by atoms with Crippen LogP contribution in [0.2, 0.25) is 5.02 Å². The molecule has 0 amide bonds. The van der Waals surface area contributed by atoms with E-state index in [-0.39, 0.29) is 6.61 Å². The lowest BCUT2D eigenvalue weighted by molar-refractivity contribution is 0.317. The number of aliphatic hydroxyl groups is 1. The van der Waals surface area contributed by atoms with Crippen molar-refractivity contribution in [2.75, 3.05) is 24.7 Å². The van der Waals surface area contributed by atoms with Crippen molar-refractivity contribution in [3.63, 3.8) is 0 Å². The normalized spacial score (nSPS) is 10.3. The van der Waals surface area contributed by atoms with Gasteiger partial charge in [-0.15, -0.1) is 0 Å². The van der Waals surface area contributed by atoms with E-state index in [0.29, 0.717) is 6.61 Å². The second-order valence-electron chi connectivity index (χ2n) is 2.99. The zero-order valence-electron chi connectivity index (χ0n) is 8.49. The van der Waals surface area contributed by atoms with Gasteiger partial charge in [-0.3, -0.25) is 0 Å². The number of rotatable bonds is 7. The first-order valence-corrected chi connectivity index (χ1v) is 6.43. The molecule has 0 aliphatic heterocycles. The third kappa shape index (κ3) is 5.92. The summed E-state index contributed by atoms with van der Waals surface area (Å²) in [5.41, 5.74) is 0. The van der Waals surface area contributed by atoms with E-state index >= 15 is 0 Å². The zero-order valence-corrected chi connectivity index (χ0v) is 10.1. The SMILES string of the molecule is OCCSCCCOc1ccc(Cl)cc1. The minimum absolute atomic E-state index is 0.253. The van der Waals surface area contributed by atoms with Crippen LogP contribution in [0, 0.1) is 0 Å². The average molecular weight is 247 g/mol. The Bertz CT molecular complexity index is 264. The second-order valence-corrected chi connectivity index (χ2v) is 4.65. The van der Waals surface area contributed by atoms with Gasteiger partial charge in [0.2, 0.25) is 0 Å². The van der Waals surface area contributed by atoms with Gasteiger partial charge in [0.15, 0.2) is 0 Å². The fourth-order valence-electron chi connectivity index (χ4n) is 1.05. The van der Waals surface area contributed by atoms with E-state index in [1.807, 2.05) is 24.3 Å². The molecular formula is C11H15ClO2S. The fraction of sp³-hybridized carbons (Fsp3) is 0.455. The molecule has 0 aromatic heterocycles. The maximum Gasteiger partial charge on any atom is 0.119 e. The van der Waals surface area contributed by atoms with Crippen molar-refractivity contribution in [2.45, 2.75) is 6.42 Å². The van der Waals surface area contributed by atoms with Crippen molar-refractivity contribution in [3.8, 4) is 5.75 Å². The lowest BCUT2D eigenvalue weighted by Crippen LogP contribution is -1.99. The van der Waals surface area contributed by atoms with Crippen molar-refractivity contribution in [3.05, 3.63) is 29.3 Å². The zero-order chi connectivity index (χ0) is 10.9. The summed E-state index contributed by atoms with van der Waals surface area (Å²) >= 11 is 7.49. The average Bonchev–Trinajstić information content (AvgIpc) is 2.26. The van der Waals surface area contributed by atoms with Crippen LogP contribution in [0.15, 0.2) is 24.3 Å². The van der Waals surface area contributed by atoms with E-state index in [4.69, 9.17) is 21.4 Å². The molecule has 84 valence electrons. The Labute approximate surface area is 99.6 Å². The van der Waals surface area contributed by atoms with Crippen LogP contribution in [0.25, 0.3) is 0 Å². The van der Waals surface area contributed by atoms with Crippen LogP contribution in [-0.2, 0) is 0 Å². The molecule has 4 heteroatoms. The van der Waals surface area contributed by atoms with E-state index in [1.54, 1.807) is 11.8 Å². The minimum Gasteiger partial charge on any atom is -0.494 e. The first-order chi connectivity index (χ1) is 7.33. The van der Waals surface area contributed by atoms with Crippen LogP contribution >= 0.6 is 23.4 Å². The van der Waals surface area contributed by atoms with E-state index in [1.165, 1.54) is 0 Å². The van der Waals surface area contributed by atoms with Gasteiger partial charge in [-0.2, -0.15) is 11.8 Å². The Morgan fingerprint density at radius 3 is 2.60 bits per heavy atom. The summed E-state index contributed by atoms with van der Waals surface area (Å²) in [5, 5.41) is 9.29. The summed E-state index contributed by atoms with van der Waals surface area (Å²) in [7, 11) is 0. The van der Waals surface area contributed by atoms with Gasteiger partial charge in [0.05, 0.1) is 13.2 Å². The first-order valence-electron chi connectivity index (χ1n) is 4.90. The molecule has 1 N–H and O–H groups in total. The van der Waals surface area contributed by atoms with Gasteiger partial charge in [-0.05, 0) is 36.4 Å². The molecule has 0 aliphatic carbocycles. The Morgan fingerprint density at radius 1 is 1.20 bits per heavy atom. The number of hydrogen-bond acceptors (Lipinski definition) is 3. The Morgan fingerprint density at radius 2 is 1.93 bits per heavy atom. The highest BCUT2D eigenvalue weighted by atomic mass is 35.5. The topological polar surface area (TPSA) is 29.5 Å². The quantitative estimate of drug-likeness (QED) is 0.751. The van der Waals surface area contributed by atoms with Crippen LogP contribution in [0.3, 0.4) is 0 Å². The molecular weight excluding hydrogens is 232 g/mol. The minimum atomic E-state index is 0.253. The van der Waals surface area contributed by atoms with Gasteiger partial charge in [0, 0.05) is 10.8 Å². The number of ether oxygens (including phenoxy) is 1. The molecule has 1 rings (SSSR count). The predicted molar refractivity (Wildman–Crippen MR) is 66.0 cm³/mol. The molecule has 0 unspecified atom stereocenters. The molecule has 0 saturated carbocycles. The van der Waals surface area contributed by atoms with Gasteiger partial charge in [-0.25, -0.2) is 0 Å². The largest absolute Gasteiger partial charge is 0.494 e. The summed E-state index contributed by atoms with van der Waals surface area (Å²) in [6.45, 7) is 0.961. The molecule has 0 spiro atoms. The van der Waals surface area contributed by atoms with E-state index in [0.717, 1.165) is 28.7 Å². The number of aliphatic hydroxyl groups excluding tert-OH is 1. The molecule has 0 heterocycles. The van der Waals surface area contributed by atoms with Gasteiger partial charge < -0.3 is 9.84 Å². The molecule has 0 atom stereocenters. The smallest absolute Gasteiger partial charge is 0.119 e. The van der Waals surface area contributed by atoms with Crippen molar-refractivity contribution < 1.29 is 9.84 Å². The summed E-state index contributed by atoms with van der Waals surface area (Å²) in [6, 6.07) is 7.36. The molecule has 0 saturated heterocycles. The Balaban J connectivity index is 2.07. The van der Waals surface area contributed by atoms with E-state index in [9.17, 15) is 0 Å². The molecule has 0 fully saturated rings. The maximum atomic E-state index is 8.56. The number of thioether (sulfide) groups is 1. The Kier molecular flexibility index (Phi) is 6.64. The van der Waals surface area contributed by atoms with Crippen LogP contribution < -0.4 is 4.74 Å². The molecule has 1 aromatic rings. The number of benzene rings is 1. The highest BCUT2D eigenvalue weighted by Crippen LogP contribution is 2.15. The molecule has 15 heavy (non-hydrogen) atoms. The lowest BCUT2D eigenvalue weighted by Gasteiger charge is -2.05. The molecule has 1 aromatic carbocycles. The molecule has 0 aliphatic rings. The summed E-state index contributed by atoms with van der Waals surface area (Å²) in [5.74, 6) is 2.68. The standard InChI is InChI=1S/C11H15ClO2S/c12-10-2-4-11(5-3-10)14-7-1-8-15-9-6-13/h2-5,13H,1,6-9H2. The third-order valence-electron chi connectivity index (χ3n) is 1.75. The first kappa shape index (κ1) is 12.7. The summed E-state index contributed by atoms with van der Waals surface area (Å²) in [6.07, 6.45) is 0.993. The number of halogens is 1. The summed E-state index contributed by atoms with van der Waals surface area (Å²) < 4.78 is 5.51. The van der Waals surface area contributed by atoms with Crippen LogP contribution in [-0.4, -0.2) is 29.8 Å². The molecule has 0 bridgehead atoms. The molecule has 0 radical (unpaired) electrons. The lowest BCUT2D eigenvalue weighted by atomic mass is 10.3. The molecule has 2 nitrogen and oxygen atoms in total.